The molecule has 0 saturated carbocycles. The summed E-state index contributed by atoms with van der Waals surface area (Å²) in [6, 6.07) is 3.94. The molecule has 1 aromatic carbocycles. The summed E-state index contributed by atoms with van der Waals surface area (Å²) >= 11 is 0. The van der Waals surface area contributed by atoms with E-state index in [9.17, 15) is 0 Å². The summed E-state index contributed by atoms with van der Waals surface area (Å²) in [4.78, 5) is 0. The van der Waals surface area contributed by atoms with E-state index in [4.69, 9.17) is 5.84 Å². The van der Waals surface area contributed by atoms with Gasteiger partial charge in [-0.2, -0.15) is 0 Å². The molecule has 0 saturated heterocycles. The van der Waals surface area contributed by atoms with Crippen molar-refractivity contribution in [2.75, 3.05) is 0 Å². The molecule has 0 aliphatic heterocycles. The Hall–Kier alpha value is -1.38. The van der Waals surface area contributed by atoms with Gasteiger partial charge in [-0.05, 0) is 43.5 Å². The van der Waals surface area contributed by atoms with Gasteiger partial charge >= 0.3 is 0 Å². The molecule has 1 rings (SSSR count). The number of nitrogens with two attached hydrogens (primary N) is 1. The van der Waals surface area contributed by atoms with Crippen LogP contribution in [0.3, 0.4) is 0 Å². The van der Waals surface area contributed by atoms with Gasteiger partial charge in [-0.15, -0.1) is 5.11 Å². The van der Waals surface area contributed by atoms with Crippen LogP contribution in [0.25, 0.3) is 0 Å². The molecule has 0 atom stereocenters. The second-order valence-electron chi connectivity index (χ2n) is 2.87. The summed E-state index contributed by atoms with van der Waals surface area (Å²) in [5.74, 6) is 4.98. The van der Waals surface area contributed by atoms with Crippen LogP contribution in [-0.2, 0) is 0 Å². The van der Waals surface area contributed by atoms with Gasteiger partial charge in [-0.25, -0.2) is 0 Å². The van der Waals surface area contributed by atoms with Gasteiger partial charge in [0.05, 0.1) is 5.69 Å². The van der Waals surface area contributed by atoms with Crippen molar-refractivity contribution in [2.45, 2.75) is 20.8 Å². The van der Waals surface area contributed by atoms with Gasteiger partial charge in [0, 0.05) is 0 Å². The van der Waals surface area contributed by atoms with E-state index in [1.807, 2.05) is 19.1 Å². The van der Waals surface area contributed by atoms with Gasteiger partial charge in [0.2, 0.25) is 0 Å². The van der Waals surface area contributed by atoms with Crippen molar-refractivity contribution < 1.29 is 0 Å². The molecule has 3 nitrogen and oxygen atoms in total. The summed E-state index contributed by atoms with van der Waals surface area (Å²) in [5.41, 5.74) is 4.51. The smallest absolute Gasteiger partial charge is 0.0906 e. The summed E-state index contributed by atoms with van der Waals surface area (Å²) in [6.07, 6.45) is 0. The highest BCUT2D eigenvalue weighted by atomic mass is 15.3. The van der Waals surface area contributed by atoms with E-state index in [0.29, 0.717) is 0 Å². The van der Waals surface area contributed by atoms with Gasteiger partial charge in [-0.3, -0.25) is 0 Å². The molecule has 0 fully saturated rings. The predicted octanol–water partition coefficient (Wildman–Crippen LogP) is 2.57. The Morgan fingerprint density at radius 3 is 2.33 bits per heavy atom. The van der Waals surface area contributed by atoms with Crippen molar-refractivity contribution in [3.63, 3.8) is 0 Å². The summed E-state index contributed by atoms with van der Waals surface area (Å²) in [7, 11) is 0. The Balaban J connectivity index is 3.26. The highest BCUT2D eigenvalue weighted by molar-refractivity contribution is 5.51. The first-order valence-electron chi connectivity index (χ1n) is 3.84. The minimum absolute atomic E-state index is 0.848. The number of rotatable bonds is 1. The lowest BCUT2D eigenvalue weighted by atomic mass is 10.0. The molecule has 12 heavy (non-hydrogen) atoms. The first-order valence-corrected chi connectivity index (χ1v) is 3.84. The molecule has 0 aromatic heterocycles. The maximum absolute atomic E-state index is 4.98. The fraction of sp³-hybridized carbons (Fsp3) is 0.333. The molecule has 0 amide bonds. The highest BCUT2D eigenvalue weighted by Gasteiger charge is 2.01. The first-order chi connectivity index (χ1) is 5.66. The standard InChI is InChI=1S/C9H13N3/c1-6-4-5-9(11-12-10)8(3)7(6)2/h4-5H,1-3H3,(H2,10,11). The molecule has 3 heteroatoms. The van der Waals surface area contributed by atoms with Crippen LogP contribution in [0.4, 0.5) is 5.69 Å². The Morgan fingerprint density at radius 1 is 1.08 bits per heavy atom. The van der Waals surface area contributed by atoms with Crippen LogP contribution in [-0.4, -0.2) is 0 Å². The highest BCUT2D eigenvalue weighted by Crippen LogP contribution is 2.23. The second-order valence-corrected chi connectivity index (χ2v) is 2.87. The molecule has 0 radical (unpaired) electrons. The van der Waals surface area contributed by atoms with E-state index in [-0.39, 0.29) is 0 Å². The zero-order valence-electron chi connectivity index (χ0n) is 7.63. The monoisotopic (exact) mass is 163 g/mol. The Bertz CT molecular complexity index is 316. The van der Waals surface area contributed by atoms with Gasteiger partial charge in [0.15, 0.2) is 0 Å². The van der Waals surface area contributed by atoms with E-state index >= 15 is 0 Å². The normalized spacial score (nSPS) is 10.9. The van der Waals surface area contributed by atoms with Crippen LogP contribution in [0.15, 0.2) is 22.5 Å². The number of hydrogen-bond donors (Lipinski definition) is 1. The fourth-order valence-electron chi connectivity index (χ4n) is 1.11. The van der Waals surface area contributed by atoms with E-state index in [2.05, 4.69) is 24.2 Å². The van der Waals surface area contributed by atoms with Gasteiger partial charge in [0.1, 0.15) is 0 Å². The lowest BCUT2D eigenvalue weighted by Gasteiger charge is -2.05. The molecule has 0 aliphatic rings. The third-order valence-corrected chi connectivity index (χ3v) is 2.19. The van der Waals surface area contributed by atoms with E-state index < -0.39 is 0 Å². The maximum Gasteiger partial charge on any atom is 0.0906 e. The zero-order chi connectivity index (χ0) is 9.14. The van der Waals surface area contributed by atoms with Crippen LogP contribution < -0.4 is 5.84 Å². The van der Waals surface area contributed by atoms with Crippen LogP contribution in [0.1, 0.15) is 16.7 Å². The summed E-state index contributed by atoms with van der Waals surface area (Å²) in [6.45, 7) is 6.16. The predicted molar refractivity (Wildman–Crippen MR) is 49.4 cm³/mol. The van der Waals surface area contributed by atoms with Crippen LogP contribution >= 0.6 is 0 Å². The molecular formula is C9H13N3. The Morgan fingerprint density at radius 2 is 1.75 bits per heavy atom. The molecule has 0 unspecified atom stereocenters. The summed E-state index contributed by atoms with van der Waals surface area (Å²) in [5, 5.41) is 7.07. The van der Waals surface area contributed by atoms with Crippen molar-refractivity contribution in [2.24, 2.45) is 16.2 Å². The zero-order valence-corrected chi connectivity index (χ0v) is 7.63. The van der Waals surface area contributed by atoms with Gasteiger partial charge in [-0.1, -0.05) is 11.3 Å². The molecule has 0 bridgehead atoms. The second kappa shape index (κ2) is 3.34. The largest absolute Gasteiger partial charge is 0.305 e. The molecule has 2 N–H and O–H groups in total. The SMILES string of the molecule is Cc1ccc(N=NN)c(C)c1C. The lowest BCUT2D eigenvalue weighted by molar-refractivity contribution is 1.05. The molecular weight excluding hydrogens is 150 g/mol. The quantitative estimate of drug-likeness (QED) is 0.386. The molecule has 1 aromatic rings. The summed E-state index contributed by atoms with van der Waals surface area (Å²) < 4.78 is 0. The van der Waals surface area contributed by atoms with E-state index in [1.54, 1.807) is 0 Å². The van der Waals surface area contributed by atoms with Gasteiger partial charge in [0.25, 0.3) is 0 Å². The molecule has 0 aliphatic carbocycles. The third kappa shape index (κ3) is 1.44. The lowest BCUT2D eigenvalue weighted by Crippen LogP contribution is -1.86. The minimum atomic E-state index is 0.848. The van der Waals surface area contributed by atoms with Gasteiger partial charge < -0.3 is 5.84 Å². The average Bonchev–Trinajstić information content (AvgIpc) is 2.07. The van der Waals surface area contributed by atoms with E-state index in [1.165, 1.54) is 11.1 Å². The fourth-order valence-corrected chi connectivity index (χ4v) is 1.11. The van der Waals surface area contributed by atoms with Crippen LogP contribution in [0.2, 0.25) is 0 Å². The van der Waals surface area contributed by atoms with Crippen LogP contribution in [0.5, 0.6) is 0 Å². The van der Waals surface area contributed by atoms with Crippen molar-refractivity contribution in [3.05, 3.63) is 28.8 Å². The Kier molecular flexibility index (Phi) is 2.43. The first kappa shape index (κ1) is 8.71. The topological polar surface area (TPSA) is 50.7 Å². The van der Waals surface area contributed by atoms with Crippen molar-refractivity contribution in [1.29, 1.82) is 0 Å². The number of nitrogens with zero attached hydrogens (tertiary/aromatic N) is 2. The van der Waals surface area contributed by atoms with Crippen molar-refractivity contribution in [3.8, 4) is 0 Å². The average molecular weight is 163 g/mol. The van der Waals surface area contributed by atoms with E-state index in [0.717, 1.165) is 11.3 Å². The minimum Gasteiger partial charge on any atom is -0.305 e. The van der Waals surface area contributed by atoms with Crippen LogP contribution in [0, 0.1) is 20.8 Å². The molecule has 64 valence electrons. The molecule has 0 spiro atoms. The maximum atomic E-state index is 4.98. The number of benzene rings is 1. The number of aryl methyl sites for hydroxylation is 1. The van der Waals surface area contributed by atoms with Crippen molar-refractivity contribution >= 4 is 5.69 Å². The van der Waals surface area contributed by atoms with Crippen molar-refractivity contribution in [1.82, 2.24) is 0 Å². The third-order valence-electron chi connectivity index (χ3n) is 2.19. The Labute approximate surface area is 72.3 Å². The molecule has 0 heterocycles. The number of hydrogen-bond acceptors (Lipinski definition) is 2.